The van der Waals surface area contributed by atoms with Crippen molar-refractivity contribution in [1.29, 1.82) is 0 Å². The van der Waals surface area contributed by atoms with Crippen molar-refractivity contribution >= 4 is 35.0 Å². The molecule has 1 aromatic rings. The van der Waals surface area contributed by atoms with Crippen molar-refractivity contribution in [3.8, 4) is 11.5 Å². The van der Waals surface area contributed by atoms with E-state index < -0.39 is 11.8 Å². The Morgan fingerprint density at radius 1 is 1.30 bits per heavy atom. The molecule has 6 heteroatoms. The zero-order valence-corrected chi connectivity index (χ0v) is 14.2. The van der Waals surface area contributed by atoms with E-state index in [1.807, 2.05) is 0 Å². The first kappa shape index (κ1) is 16.7. The van der Waals surface area contributed by atoms with Crippen molar-refractivity contribution in [2.45, 2.75) is 33.3 Å². The molecule has 5 nitrogen and oxygen atoms in total. The van der Waals surface area contributed by atoms with E-state index in [-0.39, 0.29) is 11.3 Å². The molecule has 0 saturated carbocycles. The van der Waals surface area contributed by atoms with E-state index in [4.69, 9.17) is 14.2 Å². The minimum Gasteiger partial charge on any atom is -0.495 e. The third-order valence-electron chi connectivity index (χ3n) is 2.35. The molecule has 0 heterocycles. The average molecular weight is 392 g/mol. The van der Waals surface area contributed by atoms with Crippen LogP contribution in [0.4, 0.5) is 4.79 Å². The van der Waals surface area contributed by atoms with Gasteiger partial charge in [0.05, 0.1) is 16.2 Å². The van der Waals surface area contributed by atoms with E-state index in [0.29, 0.717) is 17.6 Å². The summed E-state index contributed by atoms with van der Waals surface area (Å²) in [6.45, 7) is 6.91. The number of aldehydes is 1. The van der Waals surface area contributed by atoms with Gasteiger partial charge in [-0.2, -0.15) is 0 Å². The highest BCUT2D eigenvalue weighted by Gasteiger charge is 2.22. The van der Waals surface area contributed by atoms with Gasteiger partial charge in [-0.25, -0.2) is 4.79 Å². The van der Waals surface area contributed by atoms with Gasteiger partial charge >= 0.3 is 6.16 Å². The Hall–Kier alpha value is -1.31. The summed E-state index contributed by atoms with van der Waals surface area (Å²) in [7, 11) is 1.52. The van der Waals surface area contributed by atoms with E-state index in [0.717, 1.165) is 3.57 Å². The van der Waals surface area contributed by atoms with Crippen LogP contribution in [0.5, 0.6) is 11.5 Å². The molecule has 1 rings (SSSR count). The van der Waals surface area contributed by atoms with Gasteiger partial charge in [-0.1, -0.05) is 0 Å². The summed E-state index contributed by atoms with van der Waals surface area (Å²) in [6, 6.07) is 1.60. The van der Waals surface area contributed by atoms with Crippen LogP contribution in [0, 0.1) is 10.5 Å². The molecule has 0 N–H and O–H groups in total. The summed E-state index contributed by atoms with van der Waals surface area (Å²) in [6.07, 6.45) is -0.221. The second-order valence-corrected chi connectivity index (χ2v) is 6.28. The molecule has 0 bridgehead atoms. The maximum atomic E-state index is 11.7. The molecular weight excluding hydrogens is 375 g/mol. The van der Waals surface area contributed by atoms with Crippen LogP contribution in [-0.2, 0) is 4.74 Å². The van der Waals surface area contributed by atoms with Gasteiger partial charge in [-0.15, -0.1) is 0 Å². The predicted molar refractivity (Wildman–Crippen MR) is 82.7 cm³/mol. The van der Waals surface area contributed by atoms with E-state index in [1.165, 1.54) is 7.11 Å². The minimum atomic E-state index is -0.855. The fourth-order valence-electron chi connectivity index (χ4n) is 1.59. The number of hydrogen-bond acceptors (Lipinski definition) is 5. The van der Waals surface area contributed by atoms with Crippen molar-refractivity contribution in [1.82, 2.24) is 0 Å². The normalized spacial score (nSPS) is 10.9. The molecular formula is C14H17IO5. The van der Waals surface area contributed by atoms with Crippen LogP contribution >= 0.6 is 22.6 Å². The van der Waals surface area contributed by atoms with Crippen molar-refractivity contribution in [3.63, 3.8) is 0 Å². The van der Waals surface area contributed by atoms with Gasteiger partial charge in [0, 0.05) is 5.56 Å². The third-order valence-corrected chi connectivity index (χ3v) is 3.15. The van der Waals surface area contributed by atoms with Crippen molar-refractivity contribution in [2.24, 2.45) is 0 Å². The van der Waals surface area contributed by atoms with Crippen LogP contribution in [0.3, 0.4) is 0 Å². The smallest absolute Gasteiger partial charge is 0.495 e. The molecule has 0 spiro atoms. The molecule has 0 unspecified atom stereocenters. The Morgan fingerprint density at radius 2 is 1.90 bits per heavy atom. The molecule has 1 aromatic carbocycles. The Balaban J connectivity index is 3.17. The van der Waals surface area contributed by atoms with Gasteiger partial charge in [0.15, 0.2) is 12.0 Å². The second kappa shape index (κ2) is 6.43. The van der Waals surface area contributed by atoms with Crippen LogP contribution in [0.25, 0.3) is 0 Å². The predicted octanol–water partition coefficient (Wildman–Crippen LogP) is 3.73. The van der Waals surface area contributed by atoms with Crippen molar-refractivity contribution in [2.75, 3.05) is 7.11 Å². The van der Waals surface area contributed by atoms with Crippen LogP contribution in [-0.4, -0.2) is 25.2 Å². The third kappa shape index (κ3) is 4.09. The monoisotopic (exact) mass is 392 g/mol. The van der Waals surface area contributed by atoms with Crippen LogP contribution < -0.4 is 9.47 Å². The summed E-state index contributed by atoms with van der Waals surface area (Å²) in [5.41, 5.74) is 0.186. The largest absolute Gasteiger partial charge is 0.514 e. The summed E-state index contributed by atoms with van der Waals surface area (Å²) in [5, 5.41) is 0. The first-order valence-corrected chi connectivity index (χ1v) is 7.00. The fraction of sp³-hybridized carbons (Fsp3) is 0.429. The van der Waals surface area contributed by atoms with Crippen molar-refractivity contribution in [3.05, 3.63) is 20.8 Å². The number of halogens is 1. The Labute approximate surface area is 131 Å². The number of carbonyl (C=O) groups is 2. The van der Waals surface area contributed by atoms with E-state index in [9.17, 15) is 9.59 Å². The average Bonchev–Trinajstić information content (AvgIpc) is 2.30. The standard InChI is InChI=1S/C14H17IO5/c1-8-11(19-13(17)20-14(2,3)4)9(7-16)6-10(15)12(8)18-5/h6-7H,1-5H3. The minimum absolute atomic E-state index is 0.159. The van der Waals surface area contributed by atoms with E-state index in [1.54, 1.807) is 33.8 Å². The van der Waals surface area contributed by atoms with E-state index in [2.05, 4.69) is 22.6 Å². The van der Waals surface area contributed by atoms with Crippen LogP contribution in [0.1, 0.15) is 36.7 Å². The number of hydrogen-bond donors (Lipinski definition) is 0. The topological polar surface area (TPSA) is 61.8 Å². The molecule has 0 aromatic heterocycles. The zero-order valence-electron chi connectivity index (χ0n) is 12.1. The first-order valence-electron chi connectivity index (χ1n) is 5.92. The summed E-state index contributed by atoms with van der Waals surface area (Å²) < 4.78 is 16.3. The Kier molecular flexibility index (Phi) is 5.38. The number of rotatable bonds is 3. The number of benzene rings is 1. The highest BCUT2D eigenvalue weighted by Crippen LogP contribution is 2.35. The lowest BCUT2D eigenvalue weighted by Gasteiger charge is -2.20. The van der Waals surface area contributed by atoms with Gasteiger partial charge in [0.2, 0.25) is 0 Å². The molecule has 20 heavy (non-hydrogen) atoms. The summed E-state index contributed by atoms with van der Waals surface area (Å²) in [5.74, 6) is 0.723. The molecule has 0 aliphatic heterocycles. The number of methoxy groups -OCH3 is 1. The molecule has 0 saturated heterocycles. The van der Waals surface area contributed by atoms with Gasteiger partial charge < -0.3 is 14.2 Å². The van der Waals surface area contributed by atoms with Crippen LogP contribution in [0.15, 0.2) is 6.07 Å². The molecule has 0 amide bonds. The molecule has 110 valence electrons. The highest BCUT2D eigenvalue weighted by molar-refractivity contribution is 14.1. The lowest BCUT2D eigenvalue weighted by molar-refractivity contribution is 0.0203. The number of carbonyl (C=O) groups excluding carboxylic acids is 2. The number of ether oxygens (including phenoxy) is 3. The maximum absolute atomic E-state index is 11.7. The lowest BCUT2D eigenvalue weighted by Crippen LogP contribution is -2.26. The summed E-state index contributed by atoms with van der Waals surface area (Å²) >= 11 is 2.05. The second-order valence-electron chi connectivity index (χ2n) is 5.12. The Morgan fingerprint density at radius 3 is 2.35 bits per heavy atom. The van der Waals surface area contributed by atoms with Gasteiger partial charge in [0.25, 0.3) is 0 Å². The SMILES string of the molecule is COc1c(I)cc(C=O)c(OC(=O)OC(C)(C)C)c1C. The molecule has 0 aliphatic rings. The van der Waals surface area contributed by atoms with Crippen LogP contribution in [0.2, 0.25) is 0 Å². The molecule has 0 atom stereocenters. The summed E-state index contributed by atoms with van der Waals surface area (Å²) in [4.78, 5) is 22.9. The lowest BCUT2D eigenvalue weighted by atomic mass is 10.1. The highest BCUT2D eigenvalue weighted by atomic mass is 127. The molecule has 0 fully saturated rings. The van der Waals surface area contributed by atoms with Gasteiger partial charge in [0.1, 0.15) is 11.4 Å². The van der Waals surface area contributed by atoms with Gasteiger partial charge in [-0.3, -0.25) is 4.79 Å². The fourth-order valence-corrected chi connectivity index (χ4v) is 2.55. The molecule has 0 aliphatic carbocycles. The maximum Gasteiger partial charge on any atom is 0.514 e. The zero-order chi connectivity index (χ0) is 15.5. The first-order chi connectivity index (χ1) is 9.19. The quantitative estimate of drug-likeness (QED) is 0.340. The van der Waals surface area contributed by atoms with Gasteiger partial charge in [-0.05, 0) is 56.4 Å². The molecule has 0 radical (unpaired) electrons. The van der Waals surface area contributed by atoms with E-state index >= 15 is 0 Å². The van der Waals surface area contributed by atoms with Crippen molar-refractivity contribution < 1.29 is 23.8 Å². The Bertz CT molecular complexity index is 531.